The van der Waals surface area contributed by atoms with E-state index in [1.807, 2.05) is 31.2 Å². The van der Waals surface area contributed by atoms with Crippen molar-refractivity contribution in [1.29, 1.82) is 0 Å². The van der Waals surface area contributed by atoms with Gasteiger partial charge in [-0.15, -0.1) is 0 Å². The third-order valence-corrected chi connectivity index (χ3v) is 4.46. The Kier molecular flexibility index (Phi) is 4.14. The number of ether oxygens (including phenoxy) is 1. The third-order valence-electron chi connectivity index (χ3n) is 4.46. The van der Waals surface area contributed by atoms with Gasteiger partial charge in [-0.3, -0.25) is 4.79 Å². The Labute approximate surface area is 131 Å². The molecule has 1 heterocycles. The molecule has 1 aliphatic heterocycles. The molecule has 1 aliphatic rings. The minimum Gasteiger partial charge on any atom is -0.496 e. The van der Waals surface area contributed by atoms with Crippen LogP contribution in [0.5, 0.6) is 5.75 Å². The van der Waals surface area contributed by atoms with Crippen LogP contribution in [0.2, 0.25) is 0 Å². The number of methoxy groups -OCH3 is 1. The Balaban J connectivity index is 1.85. The van der Waals surface area contributed by atoms with Crippen LogP contribution >= 0.6 is 0 Å². The number of benzene rings is 2. The highest BCUT2D eigenvalue weighted by Gasteiger charge is 2.35. The molecule has 2 unspecified atom stereocenters. The molecule has 0 aromatic heterocycles. The first-order chi connectivity index (χ1) is 10.7. The molecule has 22 heavy (non-hydrogen) atoms. The first-order valence-corrected chi connectivity index (χ1v) is 7.65. The normalized spacial score (nSPS) is 20.7. The van der Waals surface area contributed by atoms with Crippen LogP contribution in [0.15, 0.2) is 48.5 Å². The highest BCUT2D eigenvalue weighted by Crippen LogP contribution is 2.33. The van der Waals surface area contributed by atoms with Gasteiger partial charge in [0.05, 0.1) is 13.0 Å². The molecular weight excluding hydrogens is 274 g/mol. The number of nitrogens with one attached hydrogen (secondary N) is 1. The molecule has 0 bridgehead atoms. The van der Waals surface area contributed by atoms with E-state index in [1.54, 1.807) is 7.11 Å². The first-order valence-electron chi connectivity index (χ1n) is 7.65. The van der Waals surface area contributed by atoms with Crippen molar-refractivity contribution >= 4 is 5.91 Å². The molecule has 0 saturated carbocycles. The Hall–Kier alpha value is -2.29. The molecule has 3 heteroatoms. The van der Waals surface area contributed by atoms with Gasteiger partial charge in [0.15, 0.2) is 0 Å². The van der Waals surface area contributed by atoms with E-state index in [0.717, 1.165) is 17.7 Å². The van der Waals surface area contributed by atoms with E-state index >= 15 is 0 Å². The van der Waals surface area contributed by atoms with Crippen LogP contribution < -0.4 is 10.1 Å². The Morgan fingerprint density at radius 2 is 1.95 bits per heavy atom. The maximum absolute atomic E-state index is 12.2. The quantitative estimate of drug-likeness (QED) is 0.941. The van der Waals surface area contributed by atoms with Crippen molar-refractivity contribution in [2.75, 3.05) is 13.7 Å². The molecule has 0 radical (unpaired) electrons. The summed E-state index contributed by atoms with van der Waals surface area (Å²) in [5.74, 6) is 1.26. The molecule has 2 aromatic rings. The van der Waals surface area contributed by atoms with Crippen molar-refractivity contribution in [2.45, 2.75) is 19.3 Å². The van der Waals surface area contributed by atoms with E-state index in [0.29, 0.717) is 6.54 Å². The average molecular weight is 295 g/mol. The SMILES string of the molecule is COc1ccc(C2CNC(=O)C2Cc2ccccc2)cc1C. The van der Waals surface area contributed by atoms with Crippen LogP contribution in [0.4, 0.5) is 0 Å². The summed E-state index contributed by atoms with van der Waals surface area (Å²) in [6.45, 7) is 2.75. The largest absolute Gasteiger partial charge is 0.496 e. The summed E-state index contributed by atoms with van der Waals surface area (Å²) in [6.07, 6.45) is 0.780. The second-order valence-corrected chi connectivity index (χ2v) is 5.88. The smallest absolute Gasteiger partial charge is 0.224 e. The maximum atomic E-state index is 12.2. The third kappa shape index (κ3) is 2.84. The molecule has 3 nitrogen and oxygen atoms in total. The highest BCUT2D eigenvalue weighted by molar-refractivity contribution is 5.82. The lowest BCUT2D eigenvalue weighted by Gasteiger charge is -2.18. The fourth-order valence-electron chi connectivity index (χ4n) is 3.25. The molecule has 2 aromatic carbocycles. The van der Waals surface area contributed by atoms with Gasteiger partial charge in [-0.25, -0.2) is 0 Å². The van der Waals surface area contributed by atoms with Gasteiger partial charge in [-0.1, -0.05) is 42.5 Å². The maximum Gasteiger partial charge on any atom is 0.224 e. The molecule has 3 rings (SSSR count). The highest BCUT2D eigenvalue weighted by atomic mass is 16.5. The van der Waals surface area contributed by atoms with E-state index in [-0.39, 0.29) is 17.7 Å². The molecule has 0 spiro atoms. The average Bonchev–Trinajstić information content (AvgIpc) is 2.89. The summed E-state index contributed by atoms with van der Waals surface area (Å²) < 4.78 is 5.32. The van der Waals surface area contributed by atoms with Crippen LogP contribution in [0.25, 0.3) is 0 Å². The second kappa shape index (κ2) is 6.22. The van der Waals surface area contributed by atoms with Crippen LogP contribution in [0.3, 0.4) is 0 Å². The Morgan fingerprint density at radius 3 is 2.64 bits per heavy atom. The van der Waals surface area contributed by atoms with Crippen LogP contribution in [0.1, 0.15) is 22.6 Å². The molecule has 1 amide bonds. The fourth-order valence-corrected chi connectivity index (χ4v) is 3.25. The van der Waals surface area contributed by atoms with Crippen molar-refractivity contribution in [2.24, 2.45) is 5.92 Å². The molecule has 114 valence electrons. The number of hydrogen-bond donors (Lipinski definition) is 1. The van der Waals surface area contributed by atoms with E-state index in [1.165, 1.54) is 11.1 Å². The van der Waals surface area contributed by atoms with Gasteiger partial charge in [0.1, 0.15) is 5.75 Å². The Morgan fingerprint density at radius 1 is 1.18 bits per heavy atom. The van der Waals surface area contributed by atoms with Crippen molar-refractivity contribution in [1.82, 2.24) is 5.32 Å². The van der Waals surface area contributed by atoms with Gasteiger partial charge in [0.2, 0.25) is 5.91 Å². The zero-order valence-corrected chi connectivity index (χ0v) is 13.0. The van der Waals surface area contributed by atoms with E-state index < -0.39 is 0 Å². The van der Waals surface area contributed by atoms with E-state index in [4.69, 9.17) is 4.74 Å². The predicted octanol–water partition coefficient (Wildman–Crippen LogP) is 3.08. The number of hydrogen-bond acceptors (Lipinski definition) is 2. The molecule has 2 atom stereocenters. The summed E-state index contributed by atoms with van der Waals surface area (Å²) >= 11 is 0. The van der Waals surface area contributed by atoms with Crippen LogP contribution in [-0.2, 0) is 11.2 Å². The molecule has 1 N–H and O–H groups in total. The van der Waals surface area contributed by atoms with E-state index in [2.05, 4.69) is 29.6 Å². The van der Waals surface area contributed by atoms with Gasteiger partial charge in [-0.05, 0) is 36.1 Å². The molecule has 1 saturated heterocycles. The molecule has 0 aliphatic carbocycles. The minimum atomic E-state index is -0.00445. The number of amides is 1. The summed E-state index contributed by atoms with van der Waals surface area (Å²) in [7, 11) is 1.68. The molecular formula is C19H21NO2. The molecule has 1 fully saturated rings. The van der Waals surface area contributed by atoms with Crippen LogP contribution in [0, 0.1) is 12.8 Å². The van der Waals surface area contributed by atoms with Gasteiger partial charge in [-0.2, -0.15) is 0 Å². The lowest BCUT2D eigenvalue weighted by atomic mass is 9.84. The van der Waals surface area contributed by atoms with Crippen molar-refractivity contribution in [3.8, 4) is 5.75 Å². The minimum absolute atomic E-state index is 0.00445. The number of rotatable bonds is 4. The topological polar surface area (TPSA) is 38.3 Å². The van der Waals surface area contributed by atoms with Crippen molar-refractivity contribution in [3.05, 3.63) is 65.2 Å². The summed E-state index contributed by atoms with van der Waals surface area (Å²) in [6, 6.07) is 16.4. The fraction of sp³-hybridized carbons (Fsp3) is 0.316. The van der Waals surface area contributed by atoms with E-state index in [9.17, 15) is 4.79 Å². The number of aryl methyl sites for hydroxylation is 1. The van der Waals surface area contributed by atoms with Gasteiger partial charge in [0, 0.05) is 12.5 Å². The van der Waals surface area contributed by atoms with Gasteiger partial charge >= 0.3 is 0 Å². The van der Waals surface area contributed by atoms with Crippen molar-refractivity contribution in [3.63, 3.8) is 0 Å². The van der Waals surface area contributed by atoms with Crippen LogP contribution in [-0.4, -0.2) is 19.6 Å². The summed E-state index contributed by atoms with van der Waals surface area (Å²) in [4.78, 5) is 12.2. The van der Waals surface area contributed by atoms with Crippen molar-refractivity contribution < 1.29 is 9.53 Å². The monoisotopic (exact) mass is 295 g/mol. The van der Waals surface area contributed by atoms with Gasteiger partial charge in [0.25, 0.3) is 0 Å². The predicted molar refractivity (Wildman–Crippen MR) is 87.1 cm³/mol. The lowest BCUT2D eigenvalue weighted by molar-refractivity contribution is -0.122. The summed E-state index contributed by atoms with van der Waals surface area (Å²) in [5, 5.41) is 3.02. The summed E-state index contributed by atoms with van der Waals surface area (Å²) in [5.41, 5.74) is 3.52. The zero-order chi connectivity index (χ0) is 15.5. The standard InChI is InChI=1S/C19H21NO2/c1-13-10-15(8-9-18(13)22-2)17-12-20-19(21)16(17)11-14-6-4-3-5-7-14/h3-10,16-17H,11-12H2,1-2H3,(H,20,21). The first kappa shape index (κ1) is 14.6. The second-order valence-electron chi connectivity index (χ2n) is 5.88. The zero-order valence-electron chi connectivity index (χ0n) is 13.0. The van der Waals surface area contributed by atoms with Gasteiger partial charge < -0.3 is 10.1 Å². The number of carbonyl (C=O) groups is 1. The number of carbonyl (C=O) groups excluding carboxylic acids is 1. The lowest BCUT2D eigenvalue weighted by Crippen LogP contribution is -2.21. The Bertz CT molecular complexity index is 666.